The SMILES string of the molecule is O=C(/C=C/c1ccc(Cl)cc1)N1CCC(C(O)C(F)(F)F)CC1. The lowest BCUT2D eigenvalue weighted by atomic mass is 9.91. The number of carbonyl (C=O) groups is 1. The van der Waals surface area contributed by atoms with E-state index in [0.29, 0.717) is 5.02 Å². The summed E-state index contributed by atoms with van der Waals surface area (Å²) < 4.78 is 37.4. The van der Waals surface area contributed by atoms with E-state index < -0.39 is 18.2 Å². The van der Waals surface area contributed by atoms with Crippen molar-refractivity contribution in [1.82, 2.24) is 4.90 Å². The number of halogens is 4. The molecule has 1 N–H and O–H groups in total. The summed E-state index contributed by atoms with van der Waals surface area (Å²) >= 11 is 5.77. The Bertz CT molecular complexity index is 564. The van der Waals surface area contributed by atoms with Crippen molar-refractivity contribution < 1.29 is 23.1 Å². The Hall–Kier alpha value is -1.53. The third-order valence-electron chi connectivity index (χ3n) is 3.92. The van der Waals surface area contributed by atoms with Crippen LogP contribution in [-0.4, -0.2) is 41.3 Å². The van der Waals surface area contributed by atoms with Gasteiger partial charge in [-0.2, -0.15) is 13.2 Å². The molecular formula is C16H17ClF3NO2. The molecule has 126 valence electrons. The summed E-state index contributed by atoms with van der Waals surface area (Å²) in [6.07, 6.45) is -3.61. The number of nitrogens with zero attached hydrogens (tertiary/aromatic N) is 1. The minimum Gasteiger partial charge on any atom is -0.383 e. The number of aliphatic hydroxyl groups is 1. The molecule has 1 unspecified atom stereocenters. The molecule has 1 aliphatic rings. The fourth-order valence-corrected chi connectivity index (χ4v) is 2.68. The topological polar surface area (TPSA) is 40.5 Å². The quantitative estimate of drug-likeness (QED) is 0.850. The van der Waals surface area contributed by atoms with Gasteiger partial charge in [0, 0.05) is 24.2 Å². The Balaban J connectivity index is 1.87. The monoisotopic (exact) mass is 347 g/mol. The van der Waals surface area contributed by atoms with Gasteiger partial charge in [-0.25, -0.2) is 0 Å². The van der Waals surface area contributed by atoms with Crippen molar-refractivity contribution in [3.63, 3.8) is 0 Å². The van der Waals surface area contributed by atoms with E-state index in [1.165, 1.54) is 11.0 Å². The lowest BCUT2D eigenvalue weighted by Gasteiger charge is -2.34. The fourth-order valence-electron chi connectivity index (χ4n) is 2.55. The van der Waals surface area contributed by atoms with Crippen LogP contribution >= 0.6 is 11.6 Å². The molecule has 1 amide bonds. The van der Waals surface area contributed by atoms with Crippen molar-refractivity contribution >= 4 is 23.6 Å². The molecule has 1 fully saturated rings. The van der Waals surface area contributed by atoms with Crippen LogP contribution < -0.4 is 0 Å². The van der Waals surface area contributed by atoms with Gasteiger partial charge in [0.1, 0.15) is 0 Å². The van der Waals surface area contributed by atoms with Crippen LogP contribution in [0.2, 0.25) is 5.02 Å². The van der Waals surface area contributed by atoms with Crippen LogP contribution in [0.15, 0.2) is 30.3 Å². The Morgan fingerprint density at radius 3 is 2.35 bits per heavy atom. The average molecular weight is 348 g/mol. The molecule has 1 heterocycles. The highest BCUT2D eigenvalue weighted by atomic mass is 35.5. The molecule has 0 spiro atoms. The van der Waals surface area contributed by atoms with Crippen molar-refractivity contribution in [1.29, 1.82) is 0 Å². The third-order valence-corrected chi connectivity index (χ3v) is 4.17. The Labute approximate surface area is 137 Å². The van der Waals surface area contributed by atoms with Crippen LogP contribution in [0.3, 0.4) is 0 Å². The second-order valence-electron chi connectivity index (χ2n) is 5.53. The summed E-state index contributed by atoms with van der Waals surface area (Å²) in [5.74, 6) is -1.10. The Kier molecular flexibility index (Phi) is 5.70. The maximum absolute atomic E-state index is 12.5. The van der Waals surface area contributed by atoms with E-state index in [2.05, 4.69) is 0 Å². The van der Waals surface area contributed by atoms with Gasteiger partial charge in [-0.15, -0.1) is 0 Å². The zero-order chi connectivity index (χ0) is 17.0. The predicted octanol–water partition coefficient (Wildman–Crippen LogP) is 3.52. The molecule has 0 radical (unpaired) electrons. The van der Waals surface area contributed by atoms with E-state index in [1.54, 1.807) is 30.3 Å². The first-order valence-corrected chi connectivity index (χ1v) is 7.62. The molecular weight excluding hydrogens is 331 g/mol. The highest BCUT2D eigenvalue weighted by Crippen LogP contribution is 2.31. The van der Waals surface area contributed by atoms with Gasteiger partial charge in [-0.1, -0.05) is 23.7 Å². The van der Waals surface area contributed by atoms with Crippen LogP contribution in [0, 0.1) is 5.92 Å². The van der Waals surface area contributed by atoms with Crippen LogP contribution in [0.25, 0.3) is 6.08 Å². The zero-order valence-electron chi connectivity index (χ0n) is 12.3. The summed E-state index contributed by atoms with van der Waals surface area (Å²) in [6.45, 7) is 0.420. The van der Waals surface area contributed by atoms with Gasteiger partial charge in [-0.05, 0) is 42.5 Å². The molecule has 1 aliphatic heterocycles. The second kappa shape index (κ2) is 7.36. The van der Waals surface area contributed by atoms with Gasteiger partial charge < -0.3 is 10.0 Å². The molecule has 2 rings (SSSR count). The average Bonchev–Trinajstić information content (AvgIpc) is 2.52. The van der Waals surface area contributed by atoms with Gasteiger partial charge >= 0.3 is 6.18 Å². The number of alkyl halides is 3. The summed E-state index contributed by atoms with van der Waals surface area (Å²) in [6, 6.07) is 6.93. The van der Waals surface area contributed by atoms with Gasteiger partial charge in [0.2, 0.25) is 5.91 Å². The van der Waals surface area contributed by atoms with Crippen molar-refractivity contribution in [3.8, 4) is 0 Å². The van der Waals surface area contributed by atoms with E-state index in [4.69, 9.17) is 11.6 Å². The molecule has 0 aromatic heterocycles. The molecule has 0 saturated carbocycles. The largest absolute Gasteiger partial charge is 0.414 e. The number of aliphatic hydroxyl groups excluding tert-OH is 1. The van der Waals surface area contributed by atoms with Crippen LogP contribution in [0.1, 0.15) is 18.4 Å². The molecule has 0 bridgehead atoms. The van der Waals surface area contributed by atoms with Crippen molar-refractivity contribution in [2.24, 2.45) is 5.92 Å². The van der Waals surface area contributed by atoms with Crippen molar-refractivity contribution in [2.45, 2.75) is 25.1 Å². The third kappa shape index (κ3) is 4.97. The van der Waals surface area contributed by atoms with Gasteiger partial charge in [0.25, 0.3) is 0 Å². The molecule has 7 heteroatoms. The van der Waals surface area contributed by atoms with E-state index in [9.17, 15) is 23.1 Å². The lowest BCUT2D eigenvalue weighted by molar-refractivity contribution is -0.222. The number of benzene rings is 1. The number of piperidine rings is 1. The summed E-state index contributed by atoms with van der Waals surface area (Å²) in [4.78, 5) is 13.5. The minimum atomic E-state index is -4.61. The number of amides is 1. The first-order chi connectivity index (χ1) is 10.8. The van der Waals surface area contributed by atoms with E-state index in [1.807, 2.05) is 0 Å². The summed E-state index contributed by atoms with van der Waals surface area (Å²) in [7, 11) is 0. The van der Waals surface area contributed by atoms with E-state index in [-0.39, 0.29) is 31.8 Å². The minimum absolute atomic E-state index is 0.140. The van der Waals surface area contributed by atoms with Crippen molar-refractivity contribution in [3.05, 3.63) is 40.9 Å². The van der Waals surface area contributed by atoms with Gasteiger partial charge in [0.05, 0.1) is 0 Å². The van der Waals surface area contributed by atoms with Crippen LogP contribution in [-0.2, 0) is 4.79 Å². The number of rotatable bonds is 3. The molecule has 23 heavy (non-hydrogen) atoms. The smallest absolute Gasteiger partial charge is 0.383 e. The normalized spacial score (nSPS) is 18.4. The maximum atomic E-state index is 12.5. The van der Waals surface area contributed by atoms with Gasteiger partial charge in [0.15, 0.2) is 6.10 Å². The molecule has 3 nitrogen and oxygen atoms in total. The molecule has 1 saturated heterocycles. The fraction of sp³-hybridized carbons (Fsp3) is 0.438. The zero-order valence-corrected chi connectivity index (χ0v) is 13.0. The second-order valence-corrected chi connectivity index (χ2v) is 5.97. The molecule has 1 aromatic carbocycles. The number of hydrogen-bond acceptors (Lipinski definition) is 2. The van der Waals surface area contributed by atoms with Crippen LogP contribution in [0.4, 0.5) is 13.2 Å². The van der Waals surface area contributed by atoms with E-state index >= 15 is 0 Å². The first kappa shape index (κ1) is 17.8. The standard InChI is InChI=1S/C16H17ClF3NO2/c17-13-4-1-11(2-5-13)3-6-14(22)21-9-7-12(8-10-21)15(23)16(18,19)20/h1-6,12,15,23H,7-10H2/b6-3+. The number of likely N-dealkylation sites (tertiary alicyclic amines) is 1. The van der Waals surface area contributed by atoms with Gasteiger partial charge in [-0.3, -0.25) is 4.79 Å². The lowest BCUT2D eigenvalue weighted by Crippen LogP contribution is -2.44. The van der Waals surface area contributed by atoms with Crippen LogP contribution in [0.5, 0.6) is 0 Å². The van der Waals surface area contributed by atoms with Crippen molar-refractivity contribution in [2.75, 3.05) is 13.1 Å². The number of hydrogen-bond donors (Lipinski definition) is 1. The summed E-state index contributed by atoms with van der Waals surface area (Å²) in [5.41, 5.74) is 0.810. The highest BCUT2D eigenvalue weighted by molar-refractivity contribution is 6.30. The first-order valence-electron chi connectivity index (χ1n) is 7.24. The Morgan fingerprint density at radius 2 is 1.83 bits per heavy atom. The molecule has 1 aromatic rings. The molecule has 0 aliphatic carbocycles. The highest BCUT2D eigenvalue weighted by Gasteiger charge is 2.44. The Morgan fingerprint density at radius 1 is 1.26 bits per heavy atom. The summed E-state index contributed by atoms with van der Waals surface area (Å²) in [5, 5.41) is 9.85. The van der Waals surface area contributed by atoms with E-state index in [0.717, 1.165) is 5.56 Å². The maximum Gasteiger partial charge on any atom is 0.414 e. The predicted molar refractivity (Wildman–Crippen MR) is 81.9 cm³/mol. The number of carbonyl (C=O) groups excluding carboxylic acids is 1. The molecule has 1 atom stereocenters.